The predicted octanol–water partition coefficient (Wildman–Crippen LogP) is 2.61. The molecule has 2 N–H and O–H groups in total. The van der Waals surface area contributed by atoms with Crippen LogP contribution in [0.2, 0.25) is 0 Å². The number of hydrogen-bond donors (Lipinski definition) is 2. The Kier molecular flexibility index (Phi) is 3.72. The molecule has 0 radical (unpaired) electrons. The highest BCUT2D eigenvalue weighted by Crippen LogP contribution is 2.49. The minimum absolute atomic E-state index is 0.0525. The number of hydrogen-bond acceptors (Lipinski definition) is 3. The maximum atomic E-state index is 11.8. The maximum absolute atomic E-state index is 11.8. The maximum Gasteiger partial charge on any atom is 0.337 e. The van der Waals surface area contributed by atoms with Gasteiger partial charge in [-0.3, -0.25) is 9.78 Å². The molecule has 0 aromatic carbocycles. The molecule has 0 bridgehead atoms. The number of carboxylic acids is 1. The second-order valence-electron chi connectivity index (χ2n) is 4.22. The molecule has 7 heteroatoms. The van der Waals surface area contributed by atoms with Crippen LogP contribution in [0, 0.1) is 5.92 Å². The Morgan fingerprint density at radius 2 is 2.06 bits per heavy atom. The van der Waals surface area contributed by atoms with E-state index in [1.807, 2.05) is 0 Å². The topological polar surface area (TPSA) is 79.3 Å². The van der Waals surface area contributed by atoms with Gasteiger partial charge in [-0.1, -0.05) is 31.9 Å². The molecule has 18 heavy (non-hydrogen) atoms. The number of anilines is 1. The number of carboxylic acid groups (broad SMARTS) is 1. The first-order chi connectivity index (χ1) is 8.37. The summed E-state index contributed by atoms with van der Waals surface area (Å²) >= 11 is 6.87. The number of carbonyl (C=O) groups excluding carboxylic acids is 1. The molecule has 1 aromatic heterocycles. The molecule has 2 rings (SSSR count). The van der Waals surface area contributed by atoms with E-state index in [1.54, 1.807) is 0 Å². The second-order valence-corrected chi connectivity index (χ2v) is 8.32. The van der Waals surface area contributed by atoms with E-state index in [1.165, 1.54) is 18.5 Å². The average molecular weight is 378 g/mol. The van der Waals surface area contributed by atoms with E-state index in [9.17, 15) is 9.59 Å². The summed E-state index contributed by atoms with van der Waals surface area (Å²) in [5.74, 6) is -1.26. The van der Waals surface area contributed by atoms with Gasteiger partial charge in [-0.15, -0.1) is 0 Å². The summed E-state index contributed by atoms with van der Waals surface area (Å²) < 4.78 is -0.136. The summed E-state index contributed by atoms with van der Waals surface area (Å²) in [6, 6.07) is 1.39. The zero-order valence-electron chi connectivity index (χ0n) is 9.19. The summed E-state index contributed by atoms with van der Waals surface area (Å²) in [5, 5.41) is 11.5. The summed E-state index contributed by atoms with van der Waals surface area (Å²) in [7, 11) is 0. The molecule has 0 unspecified atom stereocenters. The Hall–Kier alpha value is -0.950. The number of nitrogens with one attached hydrogen (secondary N) is 1. The number of halogens is 2. The standard InChI is InChI=1S/C11H10Br2N2O3/c12-11(13)2-7(3-11)9(16)15-8-1-6(10(17)18)4-14-5-8/h1,4-5,7H,2-3H2,(H,15,16)(H,17,18). The lowest BCUT2D eigenvalue weighted by Crippen LogP contribution is -2.40. The fraction of sp³-hybridized carbons (Fsp3) is 0.364. The Morgan fingerprint density at radius 3 is 2.61 bits per heavy atom. The van der Waals surface area contributed by atoms with Gasteiger partial charge in [-0.05, 0) is 18.9 Å². The quantitative estimate of drug-likeness (QED) is 0.793. The number of nitrogens with zero attached hydrogens (tertiary/aromatic N) is 1. The van der Waals surface area contributed by atoms with E-state index in [0.29, 0.717) is 18.5 Å². The van der Waals surface area contributed by atoms with E-state index in [0.717, 1.165) is 0 Å². The summed E-state index contributed by atoms with van der Waals surface area (Å²) in [5.41, 5.74) is 0.457. The van der Waals surface area contributed by atoms with Crippen molar-refractivity contribution in [3.8, 4) is 0 Å². The van der Waals surface area contributed by atoms with E-state index in [-0.39, 0.29) is 20.6 Å². The fourth-order valence-corrected chi connectivity index (χ4v) is 3.28. The number of amides is 1. The molecule has 1 heterocycles. The van der Waals surface area contributed by atoms with E-state index in [2.05, 4.69) is 42.2 Å². The van der Waals surface area contributed by atoms with Crippen molar-refractivity contribution in [3.05, 3.63) is 24.0 Å². The van der Waals surface area contributed by atoms with Crippen LogP contribution in [0.1, 0.15) is 23.2 Å². The van der Waals surface area contributed by atoms with Gasteiger partial charge in [-0.2, -0.15) is 0 Å². The molecule has 1 fully saturated rings. The molecule has 1 aliphatic carbocycles. The van der Waals surface area contributed by atoms with E-state index >= 15 is 0 Å². The third-order valence-electron chi connectivity index (χ3n) is 2.71. The normalized spacial score (nSPS) is 17.9. The number of carbonyl (C=O) groups is 2. The van der Waals surface area contributed by atoms with Crippen LogP contribution in [-0.4, -0.2) is 25.2 Å². The Labute approximate surface area is 120 Å². The van der Waals surface area contributed by atoms with Crippen molar-refractivity contribution in [2.45, 2.75) is 16.1 Å². The fourth-order valence-electron chi connectivity index (χ4n) is 1.72. The molecule has 0 spiro atoms. The van der Waals surface area contributed by atoms with Crippen LogP contribution in [-0.2, 0) is 4.79 Å². The van der Waals surface area contributed by atoms with Gasteiger partial charge in [0.05, 0.1) is 20.7 Å². The van der Waals surface area contributed by atoms with Crippen LogP contribution in [0.5, 0.6) is 0 Å². The molecule has 1 amide bonds. The average Bonchev–Trinajstić information content (AvgIpc) is 2.26. The summed E-state index contributed by atoms with van der Waals surface area (Å²) in [6.45, 7) is 0. The molecule has 1 saturated carbocycles. The van der Waals surface area contributed by atoms with Gasteiger partial charge in [0.2, 0.25) is 5.91 Å². The van der Waals surface area contributed by atoms with Gasteiger partial charge in [-0.25, -0.2) is 4.79 Å². The first-order valence-electron chi connectivity index (χ1n) is 5.24. The van der Waals surface area contributed by atoms with Gasteiger partial charge < -0.3 is 10.4 Å². The lowest BCUT2D eigenvalue weighted by atomic mass is 9.84. The summed E-state index contributed by atoms with van der Waals surface area (Å²) in [6.07, 6.45) is 4.07. The monoisotopic (exact) mass is 376 g/mol. The Balaban J connectivity index is 2.00. The minimum atomic E-state index is -1.07. The van der Waals surface area contributed by atoms with Crippen molar-refractivity contribution < 1.29 is 14.7 Å². The first kappa shape index (κ1) is 13.5. The predicted molar refractivity (Wildman–Crippen MR) is 73.1 cm³/mol. The molecule has 0 saturated heterocycles. The lowest BCUT2D eigenvalue weighted by molar-refractivity contribution is -0.122. The van der Waals surface area contributed by atoms with Crippen LogP contribution in [0.25, 0.3) is 0 Å². The Morgan fingerprint density at radius 1 is 1.39 bits per heavy atom. The second kappa shape index (κ2) is 4.97. The van der Waals surface area contributed by atoms with Crippen molar-refractivity contribution in [3.63, 3.8) is 0 Å². The number of alkyl halides is 2. The first-order valence-corrected chi connectivity index (χ1v) is 6.83. The Bertz CT molecular complexity index is 497. The van der Waals surface area contributed by atoms with Crippen LogP contribution in [0.4, 0.5) is 5.69 Å². The minimum Gasteiger partial charge on any atom is -0.478 e. The molecule has 5 nitrogen and oxygen atoms in total. The highest BCUT2D eigenvalue weighted by atomic mass is 79.9. The highest BCUT2D eigenvalue weighted by molar-refractivity contribution is 9.25. The lowest BCUT2D eigenvalue weighted by Gasteiger charge is -2.37. The van der Waals surface area contributed by atoms with Crippen LogP contribution < -0.4 is 5.32 Å². The van der Waals surface area contributed by atoms with Crippen molar-refractivity contribution >= 4 is 49.4 Å². The van der Waals surface area contributed by atoms with Gasteiger partial charge in [0, 0.05) is 12.1 Å². The number of aromatic carboxylic acids is 1. The van der Waals surface area contributed by atoms with Crippen molar-refractivity contribution in [1.82, 2.24) is 4.98 Å². The molecule has 0 atom stereocenters. The van der Waals surface area contributed by atoms with E-state index < -0.39 is 5.97 Å². The number of rotatable bonds is 3. The van der Waals surface area contributed by atoms with Crippen LogP contribution >= 0.6 is 31.9 Å². The van der Waals surface area contributed by atoms with Crippen molar-refractivity contribution in [2.24, 2.45) is 5.92 Å². The van der Waals surface area contributed by atoms with Crippen molar-refractivity contribution in [2.75, 3.05) is 5.32 Å². The molecule has 1 aliphatic rings. The third-order valence-corrected chi connectivity index (χ3v) is 4.01. The summed E-state index contributed by atoms with van der Waals surface area (Å²) in [4.78, 5) is 26.4. The van der Waals surface area contributed by atoms with Gasteiger partial charge in [0.25, 0.3) is 0 Å². The number of aromatic nitrogens is 1. The van der Waals surface area contributed by atoms with Gasteiger partial charge >= 0.3 is 5.97 Å². The molecule has 1 aromatic rings. The largest absolute Gasteiger partial charge is 0.478 e. The SMILES string of the molecule is O=C(O)c1cncc(NC(=O)C2CC(Br)(Br)C2)c1. The van der Waals surface area contributed by atoms with Gasteiger partial charge in [0.1, 0.15) is 0 Å². The molecular weight excluding hydrogens is 368 g/mol. The third kappa shape index (κ3) is 3.08. The molecule has 96 valence electrons. The highest BCUT2D eigenvalue weighted by Gasteiger charge is 2.43. The van der Waals surface area contributed by atoms with E-state index in [4.69, 9.17) is 5.11 Å². The van der Waals surface area contributed by atoms with Crippen molar-refractivity contribution in [1.29, 1.82) is 0 Å². The van der Waals surface area contributed by atoms with Gasteiger partial charge in [0.15, 0.2) is 0 Å². The van der Waals surface area contributed by atoms with Crippen LogP contribution in [0.3, 0.4) is 0 Å². The molecule has 0 aliphatic heterocycles. The molecular formula is C11H10Br2N2O3. The van der Waals surface area contributed by atoms with Crippen LogP contribution in [0.15, 0.2) is 18.5 Å². The number of pyridine rings is 1. The smallest absolute Gasteiger partial charge is 0.337 e. The zero-order chi connectivity index (χ0) is 13.3. The zero-order valence-corrected chi connectivity index (χ0v) is 12.4.